The molecule has 514 valence electrons. The molecule has 1 aromatic carbocycles. The van der Waals surface area contributed by atoms with Gasteiger partial charge in [0.15, 0.2) is 0 Å². The molecule has 0 atom stereocenters. The number of nitrogens with one attached hydrogen (secondary N) is 4. The molecule has 0 saturated heterocycles. The summed E-state index contributed by atoms with van der Waals surface area (Å²) in [4.78, 5) is 136. The quantitative estimate of drug-likeness (QED) is 0.0243. The average Bonchev–Trinajstić information content (AvgIpc) is 2.51. The van der Waals surface area contributed by atoms with Crippen LogP contribution >= 0.6 is 0 Å². The van der Waals surface area contributed by atoms with Crippen molar-refractivity contribution in [2.24, 2.45) is 0 Å². The molecule has 0 heterocycles. The van der Waals surface area contributed by atoms with Gasteiger partial charge in [-0.15, -0.1) is 0 Å². The van der Waals surface area contributed by atoms with Crippen LogP contribution in [0, 0.1) is 0 Å². The Labute approximate surface area is 531 Å². The van der Waals surface area contributed by atoms with Crippen LogP contribution in [0.25, 0.3) is 0 Å². The number of benzene rings is 1. The minimum atomic E-state index is -1.69. The first-order valence-corrected chi connectivity index (χ1v) is 29.9. The van der Waals surface area contributed by atoms with E-state index in [1.165, 1.54) is 0 Å². The van der Waals surface area contributed by atoms with Gasteiger partial charge < -0.3 is 52.7 Å². The number of carbonyl (C=O) groups is 10. The lowest BCUT2D eigenvalue weighted by atomic mass is 10.0. The average molecular weight is 1290 g/mol. The van der Waals surface area contributed by atoms with Crippen molar-refractivity contribution in [1.29, 1.82) is 0 Å². The Morgan fingerprint density at radius 3 is 0.844 bits per heavy atom. The second-order valence-electron chi connectivity index (χ2n) is 26.4. The Morgan fingerprint density at radius 1 is 0.378 bits per heavy atom. The van der Waals surface area contributed by atoms with Gasteiger partial charge in [0.25, 0.3) is 0 Å². The van der Waals surface area contributed by atoms with Crippen LogP contribution in [0.3, 0.4) is 0 Å². The molecule has 4 N–H and O–H groups in total. The molecule has 10 amide bonds. The maximum absolute atomic E-state index is 13.9. The fourth-order valence-electron chi connectivity index (χ4n) is 7.01. The van der Waals surface area contributed by atoms with Crippen molar-refractivity contribution < 1.29 is 95.3 Å². The number of carbonyl (C=O) groups excluding carboxylic acids is 10. The minimum Gasteiger partial charge on any atom is -0.445 e. The lowest BCUT2D eigenvalue weighted by Gasteiger charge is -2.34. The molecule has 0 bridgehead atoms. The van der Waals surface area contributed by atoms with Crippen LogP contribution < -0.4 is 21.6 Å². The normalized spacial score (nSPS) is 12.1. The predicted molar refractivity (Wildman–Crippen MR) is 328 cm³/mol. The van der Waals surface area contributed by atoms with Crippen LogP contribution in [0.2, 0.25) is 0 Å². The summed E-state index contributed by atoms with van der Waals surface area (Å²) in [5.41, 5.74) is 1.42. The molecule has 0 radical (unpaired) electrons. The summed E-state index contributed by atoms with van der Waals surface area (Å²) in [6, 6.07) is 8.78. The summed E-state index contributed by atoms with van der Waals surface area (Å²) in [6.07, 6.45) is -7.99. The van der Waals surface area contributed by atoms with E-state index in [1.54, 1.807) is 176 Å². The number of rotatable bonds is 30. The number of hydrogen-bond acceptors (Lipinski definition) is 23. The summed E-state index contributed by atoms with van der Waals surface area (Å²) in [7, 11) is 0. The van der Waals surface area contributed by atoms with Gasteiger partial charge in [0.05, 0.1) is 58.9 Å². The van der Waals surface area contributed by atoms with Crippen LogP contribution in [0.4, 0.5) is 33.6 Å². The van der Waals surface area contributed by atoms with Gasteiger partial charge in [0, 0.05) is 19.6 Å². The summed E-state index contributed by atoms with van der Waals surface area (Å²) >= 11 is 0. The number of nitrogens with zero attached hydrogens (tertiary/aromatic N) is 6. The SMILES string of the molecule is CCN(NCN(C(=O)OC(C)(C)C)C(=O)OC(C)(C)C)C(=O)CCOCC(COCCC(=O)N(CC)NCN(C(=O)OC(C)(C)C)C(=O)OC(C)(C)C)(COCCC(=O)N(CC)NCN(C(=O)OC(C)(C)C)C(=O)OC(C)(C)C)NC(=O)OCc1ccccc1. The molecule has 1 rings (SSSR count). The highest BCUT2D eigenvalue weighted by atomic mass is 16.6. The lowest BCUT2D eigenvalue weighted by molar-refractivity contribution is -0.136. The fourth-order valence-corrected chi connectivity index (χ4v) is 7.01. The smallest absolute Gasteiger partial charge is 0.421 e. The monoisotopic (exact) mass is 1280 g/mol. The Kier molecular flexibility index (Phi) is 32.9. The van der Waals surface area contributed by atoms with E-state index in [2.05, 4.69) is 21.6 Å². The van der Waals surface area contributed by atoms with Gasteiger partial charge in [-0.05, 0) is 151 Å². The van der Waals surface area contributed by atoms with Crippen LogP contribution in [-0.2, 0) is 68.4 Å². The molecule has 0 saturated carbocycles. The predicted octanol–water partition coefficient (Wildman–Crippen LogP) is 8.32. The number of amides is 10. The summed E-state index contributed by atoms with van der Waals surface area (Å²) < 4.78 is 56.6. The van der Waals surface area contributed by atoms with Crippen LogP contribution in [0.5, 0.6) is 0 Å². The van der Waals surface area contributed by atoms with Gasteiger partial charge >= 0.3 is 42.7 Å². The van der Waals surface area contributed by atoms with Crippen molar-refractivity contribution in [2.75, 3.05) is 79.3 Å². The zero-order valence-corrected chi connectivity index (χ0v) is 57.0. The van der Waals surface area contributed by atoms with Crippen molar-refractivity contribution >= 4 is 60.4 Å². The number of imide groups is 3. The first kappa shape index (κ1) is 80.9. The standard InChI is InChI=1S/C60H104N10O20/c1-22-68(61-40-65(48(75)85-54(4,5)6)49(76)86-55(7,8)9)44(71)30-33-81-37-60(64-47(74)84-36-43-28-26-25-27-29-43,38-82-34-31-45(72)69(23-2)62-41-66(50(77)87-56(10,11)12)51(78)88-57(13,14)15)39-83-35-32-46(73)70(24-3)63-42-67(52(79)89-58(16,17)18)53(80)90-59(19,20)21/h25-29,61-63H,22-24,30-42H2,1-21H3,(H,64,74). The first-order valence-electron chi connectivity index (χ1n) is 29.9. The van der Waals surface area contributed by atoms with Crippen molar-refractivity contribution in [3.63, 3.8) is 0 Å². The van der Waals surface area contributed by atoms with E-state index in [0.29, 0.717) is 20.3 Å². The summed E-state index contributed by atoms with van der Waals surface area (Å²) in [5.74, 6) is -1.63. The molecule has 0 aliphatic carbocycles. The van der Waals surface area contributed by atoms with E-state index in [-0.39, 0.29) is 65.3 Å². The first-order chi connectivity index (χ1) is 41.3. The zero-order valence-electron chi connectivity index (χ0n) is 57.0. The Bertz CT molecular complexity index is 2170. The molecule has 0 spiro atoms. The highest BCUT2D eigenvalue weighted by molar-refractivity contribution is 5.89. The van der Waals surface area contributed by atoms with Gasteiger partial charge in [-0.25, -0.2) is 49.8 Å². The molecule has 30 nitrogen and oxygen atoms in total. The zero-order chi connectivity index (χ0) is 69.1. The van der Waals surface area contributed by atoms with E-state index in [4.69, 9.17) is 47.4 Å². The summed E-state index contributed by atoms with van der Waals surface area (Å²) in [5, 5.41) is 6.24. The topological polar surface area (TPSA) is 331 Å². The molecule has 0 fully saturated rings. The van der Waals surface area contributed by atoms with Crippen LogP contribution in [0.15, 0.2) is 30.3 Å². The summed E-state index contributed by atoms with van der Waals surface area (Å²) in [6.45, 7) is 30.4. The molecule has 0 aliphatic rings. The molecule has 90 heavy (non-hydrogen) atoms. The largest absolute Gasteiger partial charge is 0.445 e. The van der Waals surface area contributed by atoms with E-state index in [9.17, 15) is 47.9 Å². The maximum atomic E-state index is 13.9. The van der Waals surface area contributed by atoms with Gasteiger partial charge in [-0.1, -0.05) is 30.3 Å². The molecular weight excluding hydrogens is 1180 g/mol. The fraction of sp³-hybridized carbons (Fsp3) is 0.733. The van der Waals surface area contributed by atoms with Crippen molar-refractivity contribution in [1.82, 2.24) is 51.3 Å². The lowest BCUT2D eigenvalue weighted by Crippen LogP contribution is -2.59. The Morgan fingerprint density at radius 2 is 0.622 bits per heavy atom. The number of hydrazine groups is 3. The second kappa shape index (κ2) is 36.7. The second-order valence-corrected chi connectivity index (χ2v) is 26.4. The molecular formula is C60H104N10O20. The third-order valence-corrected chi connectivity index (χ3v) is 10.9. The highest BCUT2D eigenvalue weighted by Gasteiger charge is 2.38. The van der Waals surface area contributed by atoms with E-state index < -0.39 is 139 Å². The number of hydrogen-bond donors (Lipinski definition) is 4. The van der Waals surface area contributed by atoms with Crippen molar-refractivity contribution in [2.45, 2.75) is 210 Å². The van der Waals surface area contributed by atoms with E-state index in [0.717, 1.165) is 15.0 Å². The Hall–Kier alpha value is -7.12. The van der Waals surface area contributed by atoms with E-state index in [1.807, 2.05) is 0 Å². The maximum Gasteiger partial charge on any atom is 0.421 e. The third-order valence-electron chi connectivity index (χ3n) is 10.9. The van der Waals surface area contributed by atoms with Crippen molar-refractivity contribution in [3.05, 3.63) is 35.9 Å². The highest BCUT2D eigenvalue weighted by Crippen LogP contribution is 2.19. The third kappa shape index (κ3) is 34.7. The van der Waals surface area contributed by atoms with E-state index >= 15 is 0 Å². The van der Waals surface area contributed by atoms with Crippen molar-refractivity contribution in [3.8, 4) is 0 Å². The molecule has 0 aromatic heterocycles. The minimum absolute atomic E-state index is 0.0562. The van der Waals surface area contributed by atoms with Gasteiger partial charge in [0.1, 0.15) is 65.8 Å². The molecule has 0 unspecified atom stereocenters. The van der Waals surface area contributed by atoms with Gasteiger partial charge in [0.2, 0.25) is 17.7 Å². The van der Waals surface area contributed by atoms with Crippen LogP contribution in [-0.4, -0.2) is 209 Å². The number of alkyl carbamates (subject to hydrolysis) is 1. The molecule has 0 aliphatic heterocycles. The van der Waals surface area contributed by atoms with Gasteiger partial charge in [-0.2, -0.15) is 14.7 Å². The van der Waals surface area contributed by atoms with Gasteiger partial charge in [-0.3, -0.25) is 29.4 Å². The van der Waals surface area contributed by atoms with Crippen LogP contribution in [0.1, 0.15) is 170 Å². The molecule has 30 heteroatoms. The number of ether oxygens (including phenoxy) is 10. The molecule has 1 aromatic rings. The Balaban J connectivity index is 3.63.